The molecule has 0 aromatic rings. The lowest BCUT2D eigenvalue weighted by molar-refractivity contribution is -0.187. The molecule has 0 spiro atoms. The zero-order valence-corrected chi connectivity index (χ0v) is 12.1. The maximum Gasteiger partial charge on any atom is 0.391 e. The summed E-state index contributed by atoms with van der Waals surface area (Å²) in [7, 11) is 0. The smallest absolute Gasteiger partial charge is 0.391 e. The quantitative estimate of drug-likeness (QED) is 0.859. The molecule has 1 saturated carbocycles. The van der Waals surface area contributed by atoms with Gasteiger partial charge in [-0.1, -0.05) is 6.42 Å². The van der Waals surface area contributed by atoms with Gasteiger partial charge in [-0.05, 0) is 19.3 Å². The summed E-state index contributed by atoms with van der Waals surface area (Å²) >= 11 is 0. The molecule has 0 aromatic heterocycles. The number of aliphatic hydroxyl groups is 1. The number of alkyl halides is 3. The van der Waals surface area contributed by atoms with E-state index in [0.29, 0.717) is 45.6 Å². The van der Waals surface area contributed by atoms with E-state index in [1.54, 1.807) is 4.90 Å². The van der Waals surface area contributed by atoms with Crippen LogP contribution < -0.4 is 0 Å². The molecule has 21 heavy (non-hydrogen) atoms. The van der Waals surface area contributed by atoms with Crippen LogP contribution in [0, 0.1) is 11.8 Å². The van der Waals surface area contributed by atoms with Crippen molar-refractivity contribution in [2.24, 2.45) is 11.8 Å². The van der Waals surface area contributed by atoms with E-state index in [-0.39, 0.29) is 25.4 Å². The van der Waals surface area contributed by atoms with Crippen LogP contribution in [0.3, 0.4) is 0 Å². The summed E-state index contributed by atoms with van der Waals surface area (Å²) in [4.78, 5) is 16.1. The van der Waals surface area contributed by atoms with Crippen LogP contribution in [-0.4, -0.2) is 66.3 Å². The van der Waals surface area contributed by atoms with Crippen molar-refractivity contribution in [2.75, 3.05) is 39.3 Å². The Morgan fingerprint density at radius 3 is 2.38 bits per heavy atom. The van der Waals surface area contributed by atoms with Crippen LogP contribution >= 0.6 is 0 Å². The average molecular weight is 308 g/mol. The zero-order chi connectivity index (χ0) is 15.5. The zero-order valence-electron chi connectivity index (χ0n) is 12.1. The monoisotopic (exact) mass is 308 g/mol. The molecule has 0 aromatic carbocycles. The summed E-state index contributed by atoms with van der Waals surface area (Å²) in [5.41, 5.74) is 0. The number of amides is 1. The summed E-state index contributed by atoms with van der Waals surface area (Å²) in [6.07, 6.45) is -3.04. The van der Waals surface area contributed by atoms with Gasteiger partial charge in [-0.25, -0.2) is 0 Å². The minimum Gasteiger partial charge on any atom is -0.395 e. The van der Waals surface area contributed by atoms with E-state index in [0.717, 1.165) is 0 Å². The van der Waals surface area contributed by atoms with Crippen molar-refractivity contribution in [3.05, 3.63) is 0 Å². The number of carbonyl (C=O) groups is 1. The van der Waals surface area contributed by atoms with E-state index < -0.39 is 18.0 Å². The largest absolute Gasteiger partial charge is 0.395 e. The van der Waals surface area contributed by atoms with Gasteiger partial charge >= 0.3 is 6.18 Å². The Morgan fingerprint density at radius 1 is 1.14 bits per heavy atom. The normalized spacial score (nSPS) is 28.7. The predicted octanol–water partition coefficient (Wildman–Crippen LogP) is 1.49. The molecule has 1 N–H and O–H groups in total. The Hall–Kier alpha value is -0.820. The highest BCUT2D eigenvalue weighted by Gasteiger charge is 2.44. The van der Waals surface area contributed by atoms with E-state index in [4.69, 9.17) is 5.11 Å². The van der Waals surface area contributed by atoms with Crippen LogP contribution in [0.25, 0.3) is 0 Å². The highest BCUT2D eigenvalue weighted by atomic mass is 19.4. The lowest BCUT2D eigenvalue weighted by Gasteiger charge is -2.38. The second kappa shape index (κ2) is 6.96. The highest BCUT2D eigenvalue weighted by molar-refractivity contribution is 5.79. The van der Waals surface area contributed by atoms with Crippen molar-refractivity contribution in [2.45, 2.75) is 31.9 Å². The van der Waals surface area contributed by atoms with Gasteiger partial charge in [0, 0.05) is 38.6 Å². The molecule has 1 aliphatic carbocycles. The number of piperazine rings is 1. The molecule has 1 heterocycles. The number of carbonyl (C=O) groups excluding carboxylic acids is 1. The van der Waals surface area contributed by atoms with Crippen LogP contribution in [-0.2, 0) is 4.79 Å². The minimum atomic E-state index is -4.18. The number of rotatable bonds is 3. The lowest BCUT2D eigenvalue weighted by atomic mass is 9.80. The number of hydrogen-bond acceptors (Lipinski definition) is 3. The molecule has 1 amide bonds. The first-order valence-electron chi connectivity index (χ1n) is 7.60. The fraction of sp³-hybridized carbons (Fsp3) is 0.929. The molecule has 122 valence electrons. The standard InChI is InChI=1S/C14H23F3N2O2/c15-14(16,17)12-3-1-2-11(10-12)13(21)19-6-4-18(5-7-19)8-9-20/h11-12,20H,1-10H2/t11-,12+/m1/s1. The fourth-order valence-electron chi connectivity index (χ4n) is 3.30. The first-order chi connectivity index (χ1) is 9.91. The third-order valence-electron chi connectivity index (χ3n) is 4.59. The van der Waals surface area contributed by atoms with E-state index in [2.05, 4.69) is 4.90 Å². The fourth-order valence-corrected chi connectivity index (χ4v) is 3.30. The van der Waals surface area contributed by atoms with Crippen molar-refractivity contribution in [1.29, 1.82) is 0 Å². The lowest BCUT2D eigenvalue weighted by Crippen LogP contribution is -2.51. The number of aliphatic hydroxyl groups excluding tert-OH is 1. The molecule has 4 nitrogen and oxygen atoms in total. The second-order valence-electron chi connectivity index (χ2n) is 5.99. The maximum atomic E-state index is 12.8. The summed E-state index contributed by atoms with van der Waals surface area (Å²) in [5, 5.41) is 8.87. The van der Waals surface area contributed by atoms with Crippen LogP contribution in [0.2, 0.25) is 0 Å². The van der Waals surface area contributed by atoms with E-state index >= 15 is 0 Å². The summed E-state index contributed by atoms with van der Waals surface area (Å²) < 4.78 is 38.4. The van der Waals surface area contributed by atoms with Crippen LogP contribution in [0.5, 0.6) is 0 Å². The van der Waals surface area contributed by atoms with E-state index in [1.807, 2.05) is 0 Å². The Kier molecular flexibility index (Phi) is 5.48. The average Bonchev–Trinajstić information content (AvgIpc) is 2.47. The topological polar surface area (TPSA) is 43.8 Å². The van der Waals surface area contributed by atoms with Gasteiger partial charge in [-0.3, -0.25) is 9.69 Å². The number of β-amino-alcohol motifs (C(OH)–C–C–N with tert-alkyl or cyclic N) is 1. The Labute approximate surface area is 122 Å². The van der Waals surface area contributed by atoms with Crippen LogP contribution in [0.1, 0.15) is 25.7 Å². The van der Waals surface area contributed by atoms with Crippen molar-refractivity contribution in [1.82, 2.24) is 9.80 Å². The molecule has 2 fully saturated rings. The predicted molar refractivity (Wildman–Crippen MR) is 71.6 cm³/mol. The highest BCUT2D eigenvalue weighted by Crippen LogP contribution is 2.40. The Morgan fingerprint density at radius 2 is 1.81 bits per heavy atom. The maximum absolute atomic E-state index is 12.8. The number of hydrogen-bond donors (Lipinski definition) is 1. The van der Waals surface area contributed by atoms with Gasteiger partial charge in [0.15, 0.2) is 0 Å². The van der Waals surface area contributed by atoms with Gasteiger partial charge in [0.25, 0.3) is 0 Å². The first-order valence-corrected chi connectivity index (χ1v) is 7.60. The number of halogens is 3. The molecular formula is C14H23F3N2O2. The molecular weight excluding hydrogens is 285 g/mol. The molecule has 1 aliphatic heterocycles. The van der Waals surface area contributed by atoms with E-state index in [9.17, 15) is 18.0 Å². The summed E-state index contributed by atoms with van der Waals surface area (Å²) in [5.74, 6) is -1.92. The third kappa shape index (κ3) is 4.32. The molecule has 2 atom stereocenters. The summed E-state index contributed by atoms with van der Waals surface area (Å²) in [6.45, 7) is 3.13. The molecule has 1 saturated heterocycles. The minimum absolute atomic E-state index is 0.0564. The van der Waals surface area contributed by atoms with Crippen molar-refractivity contribution in [3.8, 4) is 0 Å². The molecule has 2 rings (SSSR count). The van der Waals surface area contributed by atoms with Gasteiger partial charge in [-0.15, -0.1) is 0 Å². The molecule has 7 heteroatoms. The Bertz CT molecular complexity index is 355. The molecule has 0 radical (unpaired) electrons. The molecule has 0 unspecified atom stereocenters. The van der Waals surface area contributed by atoms with Gasteiger partial charge < -0.3 is 10.0 Å². The second-order valence-corrected chi connectivity index (χ2v) is 5.99. The Balaban J connectivity index is 1.86. The third-order valence-corrected chi connectivity index (χ3v) is 4.59. The van der Waals surface area contributed by atoms with Gasteiger partial charge in [0.05, 0.1) is 12.5 Å². The van der Waals surface area contributed by atoms with Crippen LogP contribution in [0.4, 0.5) is 13.2 Å². The van der Waals surface area contributed by atoms with E-state index in [1.165, 1.54) is 0 Å². The van der Waals surface area contributed by atoms with Gasteiger partial charge in [-0.2, -0.15) is 13.2 Å². The summed E-state index contributed by atoms with van der Waals surface area (Å²) in [6, 6.07) is 0. The first kappa shape index (κ1) is 16.5. The molecule has 2 aliphatic rings. The number of nitrogens with zero attached hydrogens (tertiary/aromatic N) is 2. The molecule has 0 bridgehead atoms. The van der Waals surface area contributed by atoms with Crippen molar-refractivity contribution in [3.63, 3.8) is 0 Å². The van der Waals surface area contributed by atoms with Crippen LogP contribution in [0.15, 0.2) is 0 Å². The van der Waals surface area contributed by atoms with Gasteiger partial charge in [0.2, 0.25) is 5.91 Å². The van der Waals surface area contributed by atoms with Crippen molar-refractivity contribution < 1.29 is 23.1 Å². The van der Waals surface area contributed by atoms with Crippen molar-refractivity contribution >= 4 is 5.91 Å². The van der Waals surface area contributed by atoms with Gasteiger partial charge in [0.1, 0.15) is 0 Å². The SMILES string of the molecule is O=C([C@@H]1CCC[C@H](C(F)(F)F)C1)N1CCN(CCO)CC1.